The zero-order valence-corrected chi connectivity index (χ0v) is 12.8. The van der Waals surface area contributed by atoms with Crippen molar-refractivity contribution < 1.29 is 56.7 Å². The summed E-state index contributed by atoms with van der Waals surface area (Å²) in [4.78, 5) is 50.0. The first-order valence-electron chi connectivity index (χ1n) is 4.77. The summed E-state index contributed by atoms with van der Waals surface area (Å²) >= 11 is 0. The number of carbonyl (C=O) groups is 1. The Morgan fingerprint density at radius 2 is 1.30 bits per heavy atom. The molecule has 0 aromatic carbocycles. The van der Waals surface area contributed by atoms with Gasteiger partial charge in [0.2, 0.25) is 0 Å². The van der Waals surface area contributed by atoms with Crippen molar-refractivity contribution in [2.45, 2.75) is 26.2 Å². The van der Waals surface area contributed by atoms with Crippen molar-refractivity contribution in [1.82, 2.24) is 0 Å². The third-order valence-corrected chi connectivity index (χ3v) is 4.52. The van der Waals surface area contributed by atoms with Gasteiger partial charge in [-0.1, -0.05) is 13.3 Å². The molecule has 0 aromatic heterocycles. The van der Waals surface area contributed by atoms with Gasteiger partial charge < -0.3 is 29.6 Å². The maximum absolute atomic E-state index is 10.4. The molecule has 0 aromatic rings. The largest absolute Gasteiger partial charge is 0.490 e. The summed E-state index contributed by atoms with van der Waals surface area (Å²) in [5.74, 6) is -0.693. The number of carboxylic acids is 1. The smallest absolute Gasteiger partial charge is 0.481 e. The standard InChI is InChI=1S/C5H10O2.H5O10P3/c1-2-3-4-5(6)7;1-11(2,3)9-13(7,8)10-12(4,5)6/h2-4H2,1H3,(H,6,7);(H,7,8)(H2,1,2,3)(H2,4,5,6). The van der Waals surface area contributed by atoms with Gasteiger partial charge in [0, 0.05) is 6.42 Å². The van der Waals surface area contributed by atoms with Crippen LogP contribution in [0.25, 0.3) is 0 Å². The highest BCUT2D eigenvalue weighted by molar-refractivity contribution is 7.66. The van der Waals surface area contributed by atoms with Gasteiger partial charge in [0.1, 0.15) is 0 Å². The molecular weight excluding hydrogens is 345 g/mol. The molecule has 0 amide bonds. The van der Waals surface area contributed by atoms with Crippen molar-refractivity contribution in [2.75, 3.05) is 0 Å². The van der Waals surface area contributed by atoms with Gasteiger partial charge in [-0.15, -0.1) is 0 Å². The molecule has 0 radical (unpaired) electrons. The molecule has 20 heavy (non-hydrogen) atoms. The maximum atomic E-state index is 10.4. The van der Waals surface area contributed by atoms with E-state index in [0.717, 1.165) is 12.8 Å². The van der Waals surface area contributed by atoms with Gasteiger partial charge in [-0.05, 0) is 6.42 Å². The molecular formula is C5H15O12P3. The predicted molar refractivity (Wildman–Crippen MR) is 63.2 cm³/mol. The monoisotopic (exact) mass is 360 g/mol. The average molecular weight is 360 g/mol. The molecule has 0 saturated heterocycles. The van der Waals surface area contributed by atoms with Crippen LogP contribution in [-0.2, 0) is 27.1 Å². The number of hydrogen-bond donors (Lipinski definition) is 6. The van der Waals surface area contributed by atoms with Gasteiger partial charge in [-0.3, -0.25) is 4.79 Å². The van der Waals surface area contributed by atoms with E-state index in [1.807, 2.05) is 6.92 Å². The molecule has 12 nitrogen and oxygen atoms in total. The Labute approximate surface area is 113 Å². The lowest BCUT2D eigenvalue weighted by Crippen LogP contribution is -1.91. The minimum atomic E-state index is -5.46. The summed E-state index contributed by atoms with van der Waals surface area (Å²) in [7, 11) is -16.2. The summed E-state index contributed by atoms with van der Waals surface area (Å²) in [5, 5.41) is 8.04. The normalized spacial score (nSPS) is 12.5. The summed E-state index contributed by atoms with van der Waals surface area (Å²) in [6, 6.07) is 0. The molecule has 0 aliphatic carbocycles. The van der Waals surface area contributed by atoms with Crippen LogP contribution in [0, 0.1) is 0 Å². The van der Waals surface area contributed by atoms with Crippen LogP contribution in [0.5, 0.6) is 0 Å². The molecule has 0 saturated carbocycles. The van der Waals surface area contributed by atoms with Crippen molar-refractivity contribution in [3.05, 3.63) is 0 Å². The zero-order valence-electron chi connectivity index (χ0n) is 10.1. The molecule has 0 spiro atoms. The first kappa shape index (κ1) is 22.2. The number of unbranched alkanes of at least 4 members (excludes halogenated alkanes) is 1. The lowest BCUT2D eigenvalue weighted by atomic mass is 10.3. The molecule has 0 fully saturated rings. The number of rotatable bonds is 7. The molecule has 0 aliphatic heterocycles. The van der Waals surface area contributed by atoms with Gasteiger partial charge in [-0.25, -0.2) is 13.7 Å². The highest BCUT2D eigenvalue weighted by Gasteiger charge is 2.38. The van der Waals surface area contributed by atoms with Gasteiger partial charge in [0.15, 0.2) is 0 Å². The Morgan fingerprint density at radius 1 is 0.950 bits per heavy atom. The topological polar surface area (TPSA) is 208 Å². The highest BCUT2D eigenvalue weighted by atomic mass is 31.3. The first-order chi connectivity index (χ1) is 8.68. The first-order valence-corrected chi connectivity index (χ1v) is 9.32. The zero-order chi connectivity index (χ0) is 16.6. The molecule has 6 N–H and O–H groups in total. The minimum absolute atomic E-state index is 0.316. The van der Waals surface area contributed by atoms with Crippen LogP contribution in [0.15, 0.2) is 0 Å². The summed E-state index contributed by atoms with van der Waals surface area (Å²) < 4.78 is 36.4. The van der Waals surface area contributed by atoms with Gasteiger partial charge in [0.05, 0.1) is 0 Å². The van der Waals surface area contributed by atoms with E-state index < -0.39 is 29.4 Å². The second kappa shape index (κ2) is 9.01. The van der Waals surface area contributed by atoms with E-state index in [2.05, 4.69) is 8.62 Å². The van der Waals surface area contributed by atoms with Crippen molar-refractivity contribution in [2.24, 2.45) is 0 Å². The summed E-state index contributed by atoms with van der Waals surface area (Å²) in [6.07, 6.45) is 2.08. The van der Waals surface area contributed by atoms with E-state index in [1.165, 1.54) is 0 Å². The van der Waals surface area contributed by atoms with Crippen LogP contribution in [0.3, 0.4) is 0 Å². The Hall–Kier alpha value is -0.120. The Balaban J connectivity index is 0. The molecule has 15 heteroatoms. The lowest BCUT2D eigenvalue weighted by molar-refractivity contribution is -0.137. The fourth-order valence-electron chi connectivity index (χ4n) is 0.612. The summed E-state index contributed by atoms with van der Waals surface area (Å²) in [6.45, 7) is 1.98. The Morgan fingerprint density at radius 3 is 1.45 bits per heavy atom. The van der Waals surface area contributed by atoms with E-state index in [-0.39, 0.29) is 0 Å². The van der Waals surface area contributed by atoms with E-state index in [9.17, 15) is 18.5 Å². The molecule has 0 rings (SSSR count). The number of hydrogen-bond acceptors (Lipinski definition) is 6. The van der Waals surface area contributed by atoms with Gasteiger partial charge in [-0.2, -0.15) is 8.62 Å². The van der Waals surface area contributed by atoms with E-state index in [0.29, 0.717) is 6.42 Å². The average Bonchev–Trinajstić information content (AvgIpc) is 2.06. The maximum Gasteiger partial charge on any atom is 0.490 e. The van der Waals surface area contributed by atoms with Crippen LogP contribution in [0.2, 0.25) is 0 Å². The molecule has 0 bridgehead atoms. The fraction of sp³-hybridized carbons (Fsp3) is 0.800. The fourth-order valence-corrected chi connectivity index (χ4v) is 3.15. The predicted octanol–water partition coefficient (Wildman–Crippen LogP) is 0.567. The van der Waals surface area contributed by atoms with Gasteiger partial charge in [0.25, 0.3) is 0 Å². The van der Waals surface area contributed by atoms with Gasteiger partial charge >= 0.3 is 29.4 Å². The van der Waals surface area contributed by atoms with Crippen molar-refractivity contribution in [3.63, 3.8) is 0 Å². The number of aliphatic carboxylic acids is 1. The number of phosphoric acid groups is 3. The Bertz CT molecular complexity index is 404. The second-order valence-electron chi connectivity index (χ2n) is 3.11. The molecule has 122 valence electrons. The van der Waals surface area contributed by atoms with Crippen LogP contribution < -0.4 is 0 Å². The van der Waals surface area contributed by atoms with Crippen molar-refractivity contribution in [1.29, 1.82) is 0 Å². The molecule has 0 atom stereocenters. The van der Waals surface area contributed by atoms with E-state index in [4.69, 9.17) is 29.6 Å². The third-order valence-electron chi connectivity index (χ3n) is 1.16. The van der Waals surface area contributed by atoms with Crippen LogP contribution in [0.1, 0.15) is 26.2 Å². The molecule has 0 aliphatic rings. The lowest BCUT2D eigenvalue weighted by Gasteiger charge is -2.11. The summed E-state index contributed by atoms with van der Waals surface area (Å²) in [5.41, 5.74) is 0. The SMILES string of the molecule is CCCCC(=O)O.O=P(O)(O)OP(=O)(O)OP(=O)(O)O. The third kappa shape index (κ3) is 20.2. The van der Waals surface area contributed by atoms with Crippen LogP contribution in [-0.4, -0.2) is 35.5 Å². The van der Waals surface area contributed by atoms with Crippen molar-refractivity contribution >= 4 is 29.4 Å². The van der Waals surface area contributed by atoms with E-state index in [1.54, 1.807) is 0 Å². The number of carboxylic acid groups (broad SMARTS) is 1. The quantitative estimate of drug-likeness (QED) is 0.344. The van der Waals surface area contributed by atoms with Crippen molar-refractivity contribution in [3.8, 4) is 0 Å². The van der Waals surface area contributed by atoms with E-state index >= 15 is 0 Å². The second-order valence-corrected chi connectivity index (χ2v) is 7.32. The van der Waals surface area contributed by atoms with Crippen LogP contribution >= 0.6 is 23.5 Å². The molecule has 0 unspecified atom stereocenters. The minimum Gasteiger partial charge on any atom is -0.481 e. The highest BCUT2D eigenvalue weighted by Crippen LogP contribution is 2.64. The Kier molecular flexibility index (Phi) is 9.99. The molecule has 0 heterocycles. The van der Waals surface area contributed by atoms with Crippen LogP contribution in [0.4, 0.5) is 0 Å².